The van der Waals surface area contributed by atoms with E-state index in [0.29, 0.717) is 11.6 Å². The number of carbonyl (C=O) groups is 1. The standard InChI is InChI=1S/C11H9ClFN3OS/c12-8-5-7(1-3-9(8)13)2-4-10(17)15-11-16-14-6-18-11/h1,3,5-6H,2,4H2,(H,15,16,17). The van der Waals surface area contributed by atoms with Crippen molar-refractivity contribution in [3.8, 4) is 0 Å². The first-order valence-electron chi connectivity index (χ1n) is 5.15. The average Bonchev–Trinajstić information content (AvgIpc) is 2.83. The van der Waals surface area contributed by atoms with Crippen LogP contribution in [0.2, 0.25) is 5.02 Å². The molecule has 4 nitrogen and oxygen atoms in total. The first kappa shape index (κ1) is 12.9. The number of hydrogen-bond donors (Lipinski definition) is 1. The molecule has 1 N–H and O–H groups in total. The van der Waals surface area contributed by atoms with Crippen LogP contribution in [-0.2, 0) is 11.2 Å². The summed E-state index contributed by atoms with van der Waals surface area (Å²) in [5.74, 6) is -0.620. The van der Waals surface area contributed by atoms with Gasteiger partial charge in [-0.05, 0) is 24.1 Å². The predicted molar refractivity (Wildman–Crippen MR) is 68.3 cm³/mol. The summed E-state index contributed by atoms with van der Waals surface area (Å²) in [6, 6.07) is 4.43. The zero-order valence-electron chi connectivity index (χ0n) is 9.19. The highest BCUT2D eigenvalue weighted by molar-refractivity contribution is 7.13. The number of aromatic nitrogens is 2. The molecule has 0 saturated heterocycles. The Morgan fingerprint density at radius 2 is 2.33 bits per heavy atom. The van der Waals surface area contributed by atoms with Crippen LogP contribution in [0.4, 0.5) is 9.52 Å². The Bertz CT molecular complexity index is 547. The van der Waals surface area contributed by atoms with E-state index < -0.39 is 5.82 Å². The maximum Gasteiger partial charge on any atom is 0.226 e. The summed E-state index contributed by atoms with van der Waals surface area (Å²) in [5, 5.41) is 10.5. The van der Waals surface area contributed by atoms with Crippen LogP contribution < -0.4 is 5.32 Å². The third-order valence-corrected chi connectivity index (χ3v) is 3.13. The summed E-state index contributed by atoms with van der Waals surface area (Å²) in [5.41, 5.74) is 2.35. The maximum absolute atomic E-state index is 12.9. The zero-order valence-corrected chi connectivity index (χ0v) is 10.8. The molecule has 0 aliphatic rings. The van der Waals surface area contributed by atoms with Crippen molar-refractivity contribution in [2.24, 2.45) is 0 Å². The van der Waals surface area contributed by atoms with E-state index >= 15 is 0 Å². The van der Waals surface area contributed by atoms with Gasteiger partial charge in [0.05, 0.1) is 5.02 Å². The van der Waals surface area contributed by atoms with Gasteiger partial charge in [0.1, 0.15) is 11.3 Å². The van der Waals surface area contributed by atoms with Gasteiger partial charge in [0, 0.05) is 6.42 Å². The highest BCUT2D eigenvalue weighted by Crippen LogP contribution is 2.17. The van der Waals surface area contributed by atoms with E-state index in [9.17, 15) is 9.18 Å². The molecule has 1 aromatic carbocycles. The predicted octanol–water partition coefficient (Wildman–Crippen LogP) is 2.90. The Labute approximate surface area is 112 Å². The van der Waals surface area contributed by atoms with Crippen LogP contribution in [0, 0.1) is 5.82 Å². The molecule has 0 aliphatic carbocycles. The minimum absolute atomic E-state index is 0.0667. The lowest BCUT2D eigenvalue weighted by Crippen LogP contribution is -2.12. The molecule has 1 heterocycles. The first-order valence-corrected chi connectivity index (χ1v) is 6.41. The van der Waals surface area contributed by atoms with Crippen molar-refractivity contribution < 1.29 is 9.18 Å². The molecule has 0 unspecified atom stereocenters. The van der Waals surface area contributed by atoms with Crippen molar-refractivity contribution in [1.29, 1.82) is 0 Å². The van der Waals surface area contributed by atoms with Gasteiger partial charge in [-0.2, -0.15) is 0 Å². The van der Waals surface area contributed by atoms with Crippen molar-refractivity contribution in [3.05, 3.63) is 40.1 Å². The third-order valence-electron chi connectivity index (χ3n) is 2.23. The van der Waals surface area contributed by atoms with Gasteiger partial charge in [-0.1, -0.05) is 29.0 Å². The normalized spacial score (nSPS) is 10.3. The summed E-state index contributed by atoms with van der Waals surface area (Å²) >= 11 is 6.90. The van der Waals surface area contributed by atoms with E-state index in [1.807, 2.05) is 0 Å². The van der Waals surface area contributed by atoms with Gasteiger partial charge < -0.3 is 5.32 Å². The molecule has 1 amide bonds. The van der Waals surface area contributed by atoms with E-state index in [4.69, 9.17) is 11.6 Å². The monoisotopic (exact) mass is 285 g/mol. The second-order valence-electron chi connectivity index (χ2n) is 3.54. The van der Waals surface area contributed by atoms with Crippen LogP contribution >= 0.6 is 22.9 Å². The number of nitrogens with zero attached hydrogens (tertiary/aromatic N) is 2. The quantitative estimate of drug-likeness (QED) is 0.940. The van der Waals surface area contributed by atoms with Gasteiger partial charge in [0.2, 0.25) is 11.0 Å². The van der Waals surface area contributed by atoms with Crippen LogP contribution in [0.5, 0.6) is 0 Å². The third kappa shape index (κ3) is 3.48. The average molecular weight is 286 g/mol. The molecule has 0 spiro atoms. The highest BCUT2D eigenvalue weighted by atomic mass is 35.5. The Kier molecular flexibility index (Phi) is 4.22. The molecule has 0 radical (unpaired) electrons. The smallest absolute Gasteiger partial charge is 0.226 e. The molecule has 94 valence electrons. The number of amides is 1. The second-order valence-corrected chi connectivity index (χ2v) is 4.78. The molecule has 0 bridgehead atoms. The summed E-state index contributed by atoms with van der Waals surface area (Å²) in [6.07, 6.45) is 0.770. The van der Waals surface area contributed by atoms with Crippen molar-refractivity contribution in [2.45, 2.75) is 12.8 Å². The molecule has 7 heteroatoms. The minimum atomic E-state index is -0.460. The van der Waals surface area contributed by atoms with Crippen LogP contribution in [-0.4, -0.2) is 16.1 Å². The first-order chi connectivity index (χ1) is 8.65. The minimum Gasteiger partial charge on any atom is -0.301 e. The maximum atomic E-state index is 12.9. The highest BCUT2D eigenvalue weighted by Gasteiger charge is 2.06. The van der Waals surface area contributed by atoms with Crippen LogP contribution in [0.25, 0.3) is 0 Å². The molecule has 2 aromatic rings. The van der Waals surface area contributed by atoms with Gasteiger partial charge >= 0.3 is 0 Å². The van der Waals surface area contributed by atoms with Crippen LogP contribution in [0.3, 0.4) is 0 Å². The van der Waals surface area contributed by atoms with Gasteiger partial charge in [-0.15, -0.1) is 10.2 Å². The summed E-state index contributed by atoms with van der Waals surface area (Å²) in [7, 11) is 0. The molecule has 0 atom stereocenters. The van der Waals surface area contributed by atoms with Crippen molar-refractivity contribution in [2.75, 3.05) is 5.32 Å². The Hall–Kier alpha value is -1.53. The molecule has 0 fully saturated rings. The fourth-order valence-electron chi connectivity index (χ4n) is 1.36. The second kappa shape index (κ2) is 5.88. The van der Waals surface area contributed by atoms with E-state index in [0.717, 1.165) is 5.56 Å². The van der Waals surface area contributed by atoms with Crippen LogP contribution in [0.1, 0.15) is 12.0 Å². The van der Waals surface area contributed by atoms with Crippen LogP contribution in [0.15, 0.2) is 23.7 Å². The van der Waals surface area contributed by atoms with Crippen molar-refractivity contribution in [1.82, 2.24) is 10.2 Å². The Morgan fingerprint density at radius 3 is 3.00 bits per heavy atom. The molecular formula is C11H9ClFN3OS. The lowest BCUT2D eigenvalue weighted by atomic mass is 10.1. The summed E-state index contributed by atoms with van der Waals surface area (Å²) < 4.78 is 12.9. The number of aryl methyl sites for hydroxylation is 1. The van der Waals surface area contributed by atoms with Crippen molar-refractivity contribution in [3.63, 3.8) is 0 Å². The SMILES string of the molecule is O=C(CCc1ccc(F)c(Cl)c1)Nc1nncs1. The number of rotatable bonds is 4. The lowest BCUT2D eigenvalue weighted by Gasteiger charge is -2.03. The van der Waals surface area contributed by atoms with Gasteiger partial charge in [0.25, 0.3) is 0 Å². The Morgan fingerprint density at radius 1 is 1.50 bits per heavy atom. The summed E-state index contributed by atoms with van der Waals surface area (Å²) in [6.45, 7) is 0. The molecule has 0 saturated carbocycles. The van der Waals surface area contributed by atoms with Gasteiger partial charge in [-0.3, -0.25) is 4.79 Å². The van der Waals surface area contributed by atoms with E-state index in [2.05, 4.69) is 15.5 Å². The van der Waals surface area contributed by atoms with Gasteiger partial charge in [-0.25, -0.2) is 4.39 Å². The fraction of sp³-hybridized carbons (Fsp3) is 0.182. The number of benzene rings is 1. The van der Waals surface area contributed by atoms with Gasteiger partial charge in [0.15, 0.2) is 0 Å². The number of hydrogen-bond acceptors (Lipinski definition) is 4. The van der Waals surface area contributed by atoms with E-state index in [-0.39, 0.29) is 17.4 Å². The molecule has 18 heavy (non-hydrogen) atoms. The number of carbonyl (C=O) groups excluding carboxylic acids is 1. The topological polar surface area (TPSA) is 54.9 Å². The number of anilines is 1. The summed E-state index contributed by atoms with van der Waals surface area (Å²) in [4.78, 5) is 11.6. The molecule has 1 aromatic heterocycles. The molecular weight excluding hydrogens is 277 g/mol. The molecule has 2 rings (SSSR count). The zero-order chi connectivity index (χ0) is 13.0. The number of nitrogens with one attached hydrogen (secondary N) is 1. The van der Waals surface area contributed by atoms with Crippen molar-refractivity contribution >= 4 is 34.0 Å². The number of halogens is 2. The Balaban J connectivity index is 1.87. The largest absolute Gasteiger partial charge is 0.301 e. The van der Waals surface area contributed by atoms with E-state index in [1.165, 1.54) is 29.0 Å². The lowest BCUT2D eigenvalue weighted by molar-refractivity contribution is -0.116. The fourth-order valence-corrected chi connectivity index (χ4v) is 2.03. The molecule has 0 aliphatic heterocycles. The van der Waals surface area contributed by atoms with E-state index in [1.54, 1.807) is 6.07 Å².